The highest BCUT2D eigenvalue weighted by molar-refractivity contribution is 9.10. The molecule has 0 saturated heterocycles. The van der Waals surface area contributed by atoms with Crippen molar-refractivity contribution in [2.45, 2.75) is 52.7 Å². The van der Waals surface area contributed by atoms with Crippen molar-refractivity contribution in [2.24, 2.45) is 0 Å². The number of sulfonamides is 1. The third-order valence-electron chi connectivity index (χ3n) is 5.53. The number of nitrogens with zero attached hydrogens (tertiary/aromatic N) is 2. The fraction of sp³-hybridized carbons (Fsp3) is 0.440. The fourth-order valence-corrected chi connectivity index (χ4v) is 5.15. The van der Waals surface area contributed by atoms with E-state index >= 15 is 0 Å². The van der Waals surface area contributed by atoms with Gasteiger partial charge in [0.05, 0.1) is 11.4 Å². The number of fused-ring (bicyclic) bond motifs is 1. The maximum Gasteiger partial charge on any atom is 0.244 e. The fourth-order valence-electron chi connectivity index (χ4n) is 3.65. The number of carbonyl (C=O) groups is 2. The molecule has 0 fully saturated rings. The van der Waals surface area contributed by atoms with E-state index in [2.05, 4.69) is 21.2 Å². The summed E-state index contributed by atoms with van der Waals surface area (Å²) in [6.45, 7) is 8.40. The summed E-state index contributed by atoms with van der Waals surface area (Å²) in [6, 6.07) is 11.3. The number of halogens is 1. The number of hydrogen-bond acceptors (Lipinski definition) is 6. The predicted octanol–water partition coefficient (Wildman–Crippen LogP) is 3.67. The lowest BCUT2D eigenvalue weighted by atomic mass is 10.1. The average Bonchev–Trinajstić information content (AvgIpc) is 3.27. The number of hydrogen-bond donors (Lipinski definition) is 1. The second-order valence-corrected chi connectivity index (χ2v) is 12.6. The molecule has 2 aromatic carbocycles. The molecule has 3 rings (SSSR count). The van der Waals surface area contributed by atoms with Gasteiger partial charge in [0.1, 0.15) is 12.6 Å². The molecule has 36 heavy (non-hydrogen) atoms. The van der Waals surface area contributed by atoms with Gasteiger partial charge in [-0.1, -0.05) is 28.1 Å². The zero-order chi connectivity index (χ0) is 26.7. The van der Waals surface area contributed by atoms with Crippen LogP contribution in [0.4, 0.5) is 5.69 Å². The van der Waals surface area contributed by atoms with Gasteiger partial charge in [-0.05, 0) is 64.4 Å². The lowest BCUT2D eigenvalue weighted by Gasteiger charge is -2.33. The largest absolute Gasteiger partial charge is 0.454 e. The summed E-state index contributed by atoms with van der Waals surface area (Å²) < 4.78 is 38.7. The minimum Gasteiger partial charge on any atom is -0.454 e. The molecule has 9 nitrogen and oxygen atoms in total. The van der Waals surface area contributed by atoms with Gasteiger partial charge in [-0.3, -0.25) is 13.9 Å². The number of amides is 2. The lowest BCUT2D eigenvalue weighted by molar-refractivity contribution is -0.140. The van der Waals surface area contributed by atoms with E-state index in [1.165, 1.54) is 17.9 Å². The highest BCUT2D eigenvalue weighted by Crippen LogP contribution is 2.36. The van der Waals surface area contributed by atoms with E-state index in [0.717, 1.165) is 14.3 Å². The first kappa shape index (κ1) is 27.8. The molecule has 11 heteroatoms. The van der Waals surface area contributed by atoms with Crippen LogP contribution < -0.4 is 19.1 Å². The molecule has 1 aliphatic rings. The first-order valence-electron chi connectivity index (χ1n) is 11.6. The number of ether oxygens (including phenoxy) is 2. The molecule has 0 unspecified atom stereocenters. The van der Waals surface area contributed by atoms with Crippen molar-refractivity contribution in [1.29, 1.82) is 0 Å². The highest BCUT2D eigenvalue weighted by atomic mass is 79.9. The Bertz CT molecular complexity index is 1230. The summed E-state index contributed by atoms with van der Waals surface area (Å²) in [5.41, 5.74) is 0.574. The number of benzene rings is 2. The van der Waals surface area contributed by atoms with Gasteiger partial charge in [0.2, 0.25) is 28.6 Å². The van der Waals surface area contributed by atoms with E-state index in [-0.39, 0.29) is 30.7 Å². The Balaban J connectivity index is 1.95. The summed E-state index contributed by atoms with van der Waals surface area (Å²) in [4.78, 5) is 28.1. The molecule has 1 N–H and O–H groups in total. The molecule has 0 spiro atoms. The van der Waals surface area contributed by atoms with Crippen molar-refractivity contribution in [3.63, 3.8) is 0 Å². The van der Waals surface area contributed by atoms with Crippen LogP contribution in [0.3, 0.4) is 0 Å². The van der Waals surface area contributed by atoms with Crippen LogP contribution in [-0.4, -0.2) is 55.8 Å². The van der Waals surface area contributed by atoms with Gasteiger partial charge in [-0.25, -0.2) is 8.42 Å². The van der Waals surface area contributed by atoms with E-state index in [1.807, 2.05) is 45.0 Å². The quantitative estimate of drug-likeness (QED) is 0.484. The summed E-state index contributed by atoms with van der Waals surface area (Å²) in [7, 11) is -3.83. The summed E-state index contributed by atoms with van der Waals surface area (Å²) in [6.07, 6.45) is 0. The molecule has 1 atom stereocenters. The lowest BCUT2D eigenvalue weighted by Crippen LogP contribution is -2.54. The second-order valence-electron chi connectivity index (χ2n) is 9.51. The van der Waals surface area contributed by atoms with Crippen LogP contribution in [0.25, 0.3) is 0 Å². The minimum atomic E-state index is -3.83. The molecular weight excluding hydrogens is 550 g/mol. The Labute approximate surface area is 220 Å². The number of nitrogens with one attached hydrogen (secondary N) is 1. The minimum absolute atomic E-state index is 0.0407. The van der Waals surface area contributed by atoms with Crippen LogP contribution in [-0.2, 0) is 26.2 Å². The summed E-state index contributed by atoms with van der Waals surface area (Å²) >= 11 is 3.43. The molecule has 0 bridgehead atoms. The smallest absolute Gasteiger partial charge is 0.244 e. The third kappa shape index (κ3) is 6.91. The normalized spacial score (nSPS) is 13.7. The Morgan fingerprint density at radius 3 is 2.44 bits per heavy atom. The van der Waals surface area contributed by atoms with Crippen LogP contribution in [0.15, 0.2) is 46.9 Å². The van der Waals surface area contributed by atoms with E-state index in [4.69, 9.17) is 9.47 Å². The molecular formula is C25H32BrN3O6S. The molecule has 2 aromatic rings. The Kier molecular flexibility index (Phi) is 8.55. The molecule has 0 aromatic heterocycles. The van der Waals surface area contributed by atoms with E-state index < -0.39 is 34.1 Å². The number of anilines is 1. The molecule has 2 amide bonds. The van der Waals surface area contributed by atoms with E-state index in [9.17, 15) is 18.0 Å². The Hall–Kier alpha value is -2.79. The number of carbonyl (C=O) groups excluding carboxylic acids is 2. The topological polar surface area (TPSA) is 105 Å². The molecule has 0 saturated carbocycles. The van der Waals surface area contributed by atoms with Gasteiger partial charge in [0.15, 0.2) is 11.5 Å². The van der Waals surface area contributed by atoms with Crippen molar-refractivity contribution >= 4 is 43.5 Å². The van der Waals surface area contributed by atoms with Gasteiger partial charge in [0, 0.05) is 22.6 Å². The third-order valence-corrected chi connectivity index (χ3v) is 7.77. The van der Waals surface area contributed by atoms with Gasteiger partial charge >= 0.3 is 0 Å². The van der Waals surface area contributed by atoms with Gasteiger partial charge < -0.3 is 19.7 Å². The zero-order valence-electron chi connectivity index (χ0n) is 21.1. The maximum atomic E-state index is 13.7. The first-order valence-corrected chi connectivity index (χ1v) is 14.0. The van der Waals surface area contributed by atoms with Gasteiger partial charge in [-0.2, -0.15) is 0 Å². The highest BCUT2D eigenvalue weighted by Gasteiger charge is 2.32. The Morgan fingerprint density at radius 1 is 1.11 bits per heavy atom. The van der Waals surface area contributed by atoms with Crippen molar-refractivity contribution < 1.29 is 27.5 Å². The summed E-state index contributed by atoms with van der Waals surface area (Å²) in [5.74, 6) is -0.150. The van der Waals surface area contributed by atoms with Crippen LogP contribution in [0.5, 0.6) is 11.5 Å². The van der Waals surface area contributed by atoms with Crippen molar-refractivity contribution in [1.82, 2.24) is 10.2 Å². The second kappa shape index (κ2) is 11.1. The van der Waals surface area contributed by atoms with Crippen molar-refractivity contribution in [2.75, 3.05) is 23.4 Å². The average molecular weight is 583 g/mol. The SMILES string of the molecule is CCS(=O)(=O)N(CC(=O)N(Cc1cccc(Br)c1)[C@@H](C)C(=O)NC(C)(C)C)c1ccc2c(c1)OCO2. The maximum absolute atomic E-state index is 13.7. The molecule has 1 heterocycles. The van der Waals surface area contributed by atoms with Crippen LogP contribution >= 0.6 is 15.9 Å². The van der Waals surface area contributed by atoms with Crippen molar-refractivity contribution in [3.05, 3.63) is 52.5 Å². The first-order chi connectivity index (χ1) is 16.8. The molecule has 196 valence electrons. The van der Waals surface area contributed by atoms with Crippen molar-refractivity contribution in [3.8, 4) is 11.5 Å². The molecule has 0 radical (unpaired) electrons. The van der Waals surface area contributed by atoms with Crippen LogP contribution in [0.1, 0.15) is 40.2 Å². The van der Waals surface area contributed by atoms with Crippen LogP contribution in [0, 0.1) is 0 Å². The summed E-state index contributed by atoms with van der Waals surface area (Å²) in [5, 5.41) is 2.90. The Morgan fingerprint density at radius 2 is 1.81 bits per heavy atom. The number of rotatable bonds is 9. The van der Waals surface area contributed by atoms with Crippen LogP contribution in [0.2, 0.25) is 0 Å². The molecule has 0 aliphatic carbocycles. The van der Waals surface area contributed by atoms with E-state index in [0.29, 0.717) is 11.5 Å². The van der Waals surface area contributed by atoms with Gasteiger partial charge in [0.25, 0.3) is 0 Å². The predicted molar refractivity (Wildman–Crippen MR) is 141 cm³/mol. The molecule has 1 aliphatic heterocycles. The monoisotopic (exact) mass is 581 g/mol. The van der Waals surface area contributed by atoms with Gasteiger partial charge in [-0.15, -0.1) is 0 Å². The van der Waals surface area contributed by atoms with E-state index in [1.54, 1.807) is 19.1 Å². The zero-order valence-corrected chi connectivity index (χ0v) is 23.5. The standard InChI is InChI=1S/C25H32BrN3O6S/c1-6-36(32,33)29(20-10-11-21-22(13-20)35-16-34-21)15-23(30)28(14-18-8-7-9-19(26)12-18)17(2)24(31)27-25(3,4)5/h7-13,17H,6,14-16H2,1-5H3,(H,27,31)/t17-/m0/s1.